The van der Waals surface area contributed by atoms with Gasteiger partial charge in [0.15, 0.2) is 5.79 Å². The molecule has 3 heteroatoms. The number of aromatic hydroxyl groups is 1. The van der Waals surface area contributed by atoms with Gasteiger partial charge in [-0.3, -0.25) is 0 Å². The molecule has 0 aliphatic rings. The van der Waals surface area contributed by atoms with E-state index in [1.54, 1.807) is 12.1 Å². The Balaban J connectivity index is 2.72. The van der Waals surface area contributed by atoms with E-state index in [1.165, 1.54) is 38.5 Å². The van der Waals surface area contributed by atoms with E-state index in [0.717, 1.165) is 18.4 Å². The van der Waals surface area contributed by atoms with Crippen LogP contribution in [0.3, 0.4) is 0 Å². The molecule has 1 N–H and O–H groups in total. The molecular weight excluding hydrogens is 324 g/mol. The van der Waals surface area contributed by atoms with Crippen molar-refractivity contribution in [2.45, 2.75) is 110 Å². The quantitative estimate of drug-likeness (QED) is 0.298. The van der Waals surface area contributed by atoms with Crippen LogP contribution in [0, 0.1) is 0 Å². The first-order valence-corrected chi connectivity index (χ1v) is 10.5. The summed E-state index contributed by atoms with van der Waals surface area (Å²) in [6.07, 6.45) is 10.8. The van der Waals surface area contributed by atoms with Gasteiger partial charge >= 0.3 is 0 Å². The molecule has 0 aliphatic carbocycles. The lowest BCUT2D eigenvalue weighted by Gasteiger charge is -2.37. The highest BCUT2D eigenvalue weighted by Gasteiger charge is 2.34. The molecule has 1 aromatic carbocycles. The van der Waals surface area contributed by atoms with Crippen LogP contribution in [-0.2, 0) is 15.9 Å². The molecular formula is C23H40O3. The number of rotatable bonds is 14. The third-order valence-electron chi connectivity index (χ3n) is 4.47. The van der Waals surface area contributed by atoms with Crippen LogP contribution in [0.4, 0.5) is 0 Å². The summed E-state index contributed by atoms with van der Waals surface area (Å²) in [6.45, 7) is 10.5. The number of benzene rings is 1. The van der Waals surface area contributed by atoms with E-state index < -0.39 is 5.79 Å². The smallest absolute Gasteiger partial charge is 0.172 e. The first kappa shape index (κ1) is 23.0. The van der Waals surface area contributed by atoms with Crippen molar-refractivity contribution in [1.82, 2.24) is 0 Å². The second-order valence-electron chi connectivity index (χ2n) is 7.96. The van der Waals surface area contributed by atoms with Gasteiger partial charge in [-0.05, 0) is 51.8 Å². The molecule has 0 fully saturated rings. The molecule has 0 heterocycles. The van der Waals surface area contributed by atoms with E-state index in [-0.39, 0.29) is 12.2 Å². The van der Waals surface area contributed by atoms with Crippen LogP contribution in [0.5, 0.6) is 5.75 Å². The average Bonchev–Trinajstić information content (AvgIpc) is 2.55. The molecule has 3 nitrogen and oxygen atoms in total. The summed E-state index contributed by atoms with van der Waals surface area (Å²) in [5.41, 5.74) is 1.13. The lowest BCUT2D eigenvalue weighted by molar-refractivity contribution is -0.272. The zero-order valence-electron chi connectivity index (χ0n) is 17.6. The summed E-state index contributed by atoms with van der Waals surface area (Å²) in [4.78, 5) is 0. The van der Waals surface area contributed by atoms with Crippen LogP contribution in [0.1, 0.15) is 91.5 Å². The summed E-state index contributed by atoms with van der Waals surface area (Å²) in [6, 6.07) is 7.39. The zero-order valence-corrected chi connectivity index (χ0v) is 17.6. The summed E-state index contributed by atoms with van der Waals surface area (Å²) < 4.78 is 12.7. The third kappa shape index (κ3) is 9.59. The number of hydrogen-bond acceptors (Lipinski definition) is 3. The summed E-state index contributed by atoms with van der Waals surface area (Å²) >= 11 is 0. The van der Waals surface area contributed by atoms with Crippen LogP contribution >= 0.6 is 0 Å². The topological polar surface area (TPSA) is 38.7 Å². The Kier molecular flexibility index (Phi) is 10.9. The molecule has 0 radical (unpaired) electrons. The molecule has 0 saturated heterocycles. The zero-order chi connectivity index (χ0) is 19.4. The molecule has 0 unspecified atom stereocenters. The van der Waals surface area contributed by atoms with Gasteiger partial charge < -0.3 is 14.6 Å². The average molecular weight is 365 g/mol. The predicted molar refractivity (Wildman–Crippen MR) is 110 cm³/mol. The van der Waals surface area contributed by atoms with Crippen molar-refractivity contribution in [3.8, 4) is 5.75 Å². The third-order valence-corrected chi connectivity index (χ3v) is 4.47. The van der Waals surface area contributed by atoms with Crippen molar-refractivity contribution in [3.63, 3.8) is 0 Å². The van der Waals surface area contributed by atoms with E-state index in [9.17, 15) is 5.11 Å². The molecule has 0 amide bonds. The molecule has 0 spiro atoms. The molecule has 0 aromatic heterocycles. The van der Waals surface area contributed by atoms with Gasteiger partial charge in [0.2, 0.25) is 0 Å². The summed E-state index contributed by atoms with van der Waals surface area (Å²) in [5.74, 6) is -0.302. The van der Waals surface area contributed by atoms with Crippen molar-refractivity contribution < 1.29 is 14.6 Å². The number of unbranched alkanes of at least 4 members (excludes halogenated alkanes) is 6. The van der Waals surface area contributed by atoms with Gasteiger partial charge in [-0.25, -0.2) is 0 Å². The fourth-order valence-electron chi connectivity index (χ4n) is 3.45. The van der Waals surface area contributed by atoms with Gasteiger partial charge in [-0.1, -0.05) is 57.6 Å². The van der Waals surface area contributed by atoms with E-state index in [4.69, 9.17) is 9.47 Å². The van der Waals surface area contributed by atoms with Gasteiger partial charge in [0.05, 0.1) is 12.2 Å². The minimum Gasteiger partial charge on any atom is -0.508 e. The van der Waals surface area contributed by atoms with Crippen LogP contribution < -0.4 is 0 Å². The van der Waals surface area contributed by atoms with Crippen LogP contribution in [0.15, 0.2) is 24.3 Å². The highest BCUT2D eigenvalue weighted by atomic mass is 16.7. The number of phenolic OH excluding ortho intramolecular Hbond substituents is 1. The normalized spacial score (nSPS) is 12.3. The Bertz CT molecular complexity index is 455. The standard InChI is InChI=1S/C23H40O3/c1-6-7-8-9-10-11-12-17-23(25-19(2)3,26-20(4)5)18-21-13-15-22(24)16-14-21/h13-16,19-20,24H,6-12,17-18H2,1-5H3. The molecule has 1 rings (SSSR count). The number of hydrogen-bond donors (Lipinski definition) is 1. The maximum absolute atomic E-state index is 9.55. The Labute approximate surface area is 161 Å². The minimum absolute atomic E-state index is 0.107. The monoisotopic (exact) mass is 364 g/mol. The fraction of sp³-hybridized carbons (Fsp3) is 0.739. The van der Waals surface area contributed by atoms with E-state index in [2.05, 4.69) is 34.6 Å². The second kappa shape index (κ2) is 12.3. The Morgan fingerprint density at radius 3 is 1.81 bits per heavy atom. The highest BCUT2D eigenvalue weighted by molar-refractivity contribution is 5.26. The van der Waals surface area contributed by atoms with Crippen molar-refractivity contribution in [2.75, 3.05) is 0 Å². The predicted octanol–water partition coefficient (Wildman–Crippen LogP) is 6.62. The van der Waals surface area contributed by atoms with Crippen LogP contribution in [-0.4, -0.2) is 23.1 Å². The van der Waals surface area contributed by atoms with Crippen molar-refractivity contribution in [1.29, 1.82) is 0 Å². The molecule has 150 valence electrons. The van der Waals surface area contributed by atoms with Gasteiger partial charge in [-0.15, -0.1) is 0 Å². The van der Waals surface area contributed by atoms with Gasteiger partial charge in [0.25, 0.3) is 0 Å². The number of phenols is 1. The Morgan fingerprint density at radius 2 is 1.31 bits per heavy atom. The van der Waals surface area contributed by atoms with Crippen molar-refractivity contribution in [2.24, 2.45) is 0 Å². The van der Waals surface area contributed by atoms with Gasteiger partial charge in [-0.2, -0.15) is 0 Å². The lowest BCUT2D eigenvalue weighted by atomic mass is 9.97. The first-order valence-electron chi connectivity index (χ1n) is 10.5. The van der Waals surface area contributed by atoms with Crippen LogP contribution in [0.25, 0.3) is 0 Å². The first-order chi connectivity index (χ1) is 12.4. The van der Waals surface area contributed by atoms with Crippen molar-refractivity contribution >= 4 is 0 Å². The SMILES string of the molecule is CCCCCCCCCC(Cc1ccc(O)cc1)(OC(C)C)OC(C)C. The van der Waals surface area contributed by atoms with Crippen LogP contribution in [0.2, 0.25) is 0 Å². The van der Waals surface area contributed by atoms with Crippen molar-refractivity contribution in [3.05, 3.63) is 29.8 Å². The fourth-order valence-corrected chi connectivity index (χ4v) is 3.45. The summed E-state index contributed by atoms with van der Waals surface area (Å²) in [7, 11) is 0. The molecule has 0 saturated carbocycles. The Hall–Kier alpha value is -1.06. The van der Waals surface area contributed by atoms with E-state index in [1.807, 2.05) is 12.1 Å². The van der Waals surface area contributed by atoms with Gasteiger partial charge in [0.1, 0.15) is 5.75 Å². The molecule has 0 aliphatic heterocycles. The van der Waals surface area contributed by atoms with E-state index >= 15 is 0 Å². The lowest BCUT2D eigenvalue weighted by Crippen LogP contribution is -2.42. The highest BCUT2D eigenvalue weighted by Crippen LogP contribution is 2.30. The molecule has 0 atom stereocenters. The largest absolute Gasteiger partial charge is 0.508 e. The molecule has 26 heavy (non-hydrogen) atoms. The summed E-state index contributed by atoms with van der Waals surface area (Å²) in [5, 5.41) is 9.55. The maximum atomic E-state index is 9.55. The van der Waals surface area contributed by atoms with E-state index in [0.29, 0.717) is 12.2 Å². The number of ether oxygens (including phenoxy) is 2. The minimum atomic E-state index is -0.595. The second-order valence-corrected chi connectivity index (χ2v) is 7.96. The molecule has 0 bridgehead atoms. The maximum Gasteiger partial charge on any atom is 0.172 e. The molecule has 1 aromatic rings. The Morgan fingerprint density at radius 1 is 0.808 bits per heavy atom. The van der Waals surface area contributed by atoms with Gasteiger partial charge in [0, 0.05) is 12.8 Å².